The van der Waals surface area contributed by atoms with Crippen LogP contribution in [0.5, 0.6) is 11.5 Å². The van der Waals surface area contributed by atoms with Gasteiger partial charge in [0.15, 0.2) is 0 Å². The van der Waals surface area contributed by atoms with Gasteiger partial charge in [-0.3, -0.25) is 0 Å². The maximum absolute atomic E-state index is 13.6. The molecule has 7 saturated carbocycles. The number of fused-ring (bicyclic) bond motifs is 30. The van der Waals surface area contributed by atoms with Gasteiger partial charge in [0.05, 0.1) is 66.0 Å². The molecule has 0 unspecified atom stereocenters. The van der Waals surface area contributed by atoms with Crippen LogP contribution in [0, 0.1) is 80.8 Å². The molecule has 0 N–H and O–H groups in total. The van der Waals surface area contributed by atoms with Crippen molar-refractivity contribution >= 4 is 33.5 Å². The zero-order valence-corrected chi connectivity index (χ0v) is 35.4. The molecule has 3 aromatic rings. The predicted octanol–water partition coefficient (Wildman–Crippen LogP) is 6.81. The van der Waals surface area contributed by atoms with Crippen LogP contribution in [0.2, 0.25) is 0 Å². The fraction of sp³-hybridized carbons (Fsp3) is 0.633. The number of methoxy groups -OCH3 is 8. The van der Waals surface area contributed by atoms with E-state index >= 15 is 0 Å². The summed E-state index contributed by atoms with van der Waals surface area (Å²) in [7, 11) is 14.0. The van der Waals surface area contributed by atoms with Crippen LogP contribution in [0.4, 0.5) is 0 Å². The molecule has 9 aliphatic carbocycles. The Morgan fingerprint density at radius 1 is 0.525 bits per heavy atom. The predicted molar refractivity (Wildman–Crippen MR) is 217 cm³/mol. The molecule has 0 spiro atoms. The summed E-state index contributed by atoms with van der Waals surface area (Å²) in [5.74, 6) is 4.23. The second-order valence-electron chi connectivity index (χ2n) is 19.8. The van der Waals surface area contributed by atoms with E-state index in [1.54, 1.807) is 0 Å². The highest BCUT2D eigenvalue weighted by Gasteiger charge is 2.98. The van der Waals surface area contributed by atoms with Gasteiger partial charge in [-0.1, -0.05) is 24.3 Å². The van der Waals surface area contributed by atoms with Crippen molar-refractivity contribution in [1.29, 1.82) is 0 Å². The Hall–Kier alpha value is -3.70. The summed E-state index contributed by atoms with van der Waals surface area (Å²) < 4.78 is 49.7. The fourth-order valence-corrected chi connectivity index (χ4v) is 19.4. The number of hydrogen-bond acceptors (Lipinski definition) is 10. The first-order valence-corrected chi connectivity index (χ1v) is 21.7. The van der Waals surface area contributed by atoms with Crippen LogP contribution in [0.25, 0.3) is 21.5 Å². The molecule has 10 nitrogen and oxygen atoms in total. The minimum atomic E-state index is -0.407. The van der Waals surface area contributed by atoms with Gasteiger partial charge in [0.25, 0.3) is 0 Å². The number of benzene rings is 3. The molecule has 12 rings (SSSR count). The number of carbonyl (C=O) groups is 2. The number of esters is 2. The molecule has 0 aliphatic heterocycles. The van der Waals surface area contributed by atoms with E-state index in [9.17, 15) is 9.59 Å². The Balaban J connectivity index is 1.06. The van der Waals surface area contributed by atoms with Crippen LogP contribution in [0.15, 0.2) is 47.5 Å². The van der Waals surface area contributed by atoms with E-state index < -0.39 is 11.9 Å². The third-order valence-electron chi connectivity index (χ3n) is 19.6. The van der Waals surface area contributed by atoms with Crippen molar-refractivity contribution in [2.45, 2.75) is 31.1 Å². The molecule has 0 amide bonds. The molecular weight excluding hydrogens is 749 g/mol. The molecule has 0 heterocycles. The van der Waals surface area contributed by atoms with Crippen molar-refractivity contribution in [2.75, 3.05) is 83.3 Å². The zero-order chi connectivity index (χ0) is 40.7. The standard InChI is InChI=1S/C49H56O10/c1-52-18-46-28-16-29(35-34(28)36(44(50)58-7)37(35)45(51)59-8)47(46,19-53-2)41-31-17-30(40(41)46)48(20-54-3)38-26-15-27(39(38)49(31,48)21-55-4)33-32(26)42(56-5)24-13-22-11-9-10-12-23(22)14-25(24)43(33)57-6/h9-14,26-31,34-35,38-41H,15-21H2,1-8H3/t26-,27+,28-,29+,30+,31-,34+,35-,38-,39+,40-,41+,46+,47-,48+,49-. The summed E-state index contributed by atoms with van der Waals surface area (Å²) in [6.07, 6.45) is 3.11. The summed E-state index contributed by atoms with van der Waals surface area (Å²) in [5, 5.41) is 4.61. The molecule has 3 aromatic carbocycles. The molecule has 0 saturated heterocycles. The van der Waals surface area contributed by atoms with Crippen molar-refractivity contribution in [1.82, 2.24) is 0 Å². The minimum Gasteiger partial charge on any atom is -0.496 e. The lowest BCUT2D eigenvalue weighted by Gasteiger charge is -2.83. The van der Waals surface area contributed by atoms with Gasteiger partial charge in [-0.25, -0.2) is 9.59 Å². The van der Waals surface area contributed by atoms with Gasteiger partial charge < -0.3 is 37.9 Å². The number of ether oxygens (including phenoxy) is 8. The molecule has 9 aliphatic rings. The fourth-order valence-electron chi connectivity index (χ4n) is 19.4. The van der Waals surface area contributed by atoms with E-state index in [1.807, 2.05) is 42.7 Å². The first kappa shape index (κ1) is 37.1. The quantitative estimate of drug-likeness (QED) is 0.0840. The average Bonchev–Trinajstić information content (AvgIpc) is 4.04. The van der Waals surface area contributed by atoms with Crippen LogP contribution in [0.3, 0.4) is 0 Å². The largest absolute Gasteiger partial charge is 0.496 e. The smallest absolute Gasteiger partial charge is 0.334 e. The van der Waals surface area contributed by atoms with E-state index in [-0.39, 0.29) is 45.3 Å². The van der Waals surface area contributed by atoms with Gasteiger partial charge in [-0.15, -0.1) is 0 Å². The van der Waals surface area contributed by atoms with Gasteiger partial charge in [0, 0.05) is 83.8 Å². The van der Waals surface area contributed by atoms with Crippen molar-refractivity contribution in [3.05, 3.63) is 58.7 Å². The molecule has 0 aromatic heterocycles. The molecule has 0 radical (unpaired) electrons. The molecule has 10 heteroatoms. The van der Waals surface area contributed by atoms with E-state index in [0.717, 1.165) is 41.5 Å². The highest BCUT2D eigenvalue weighted by molar-refractivity contribution is 6.06. The maximum Gasteiger partial charge on any atom is 0.334 e. The highest BCUT2D eigenvalue weighted by Crippen LogP contribution is 2.99. The van der Waals surface area contributed by atoms with Gasteiger partial charge in [-0.05, 0) is 101 Å². The molecule has 59 heavy (non-hydrogen) atoms. The SMILES string of the molecule is COC[C@@]12[C@@H]3[C@@H]([C@@H]4C[C@H]3c3c4c(OC)c4cc5ccccc5cc4c3OC)[C@]1(COC)[C@H]1C[C@@H]2[C@H]2[C@@H]1[C@]1(COC)[C@@H]3C[C@@H]([C@H]4C(C(=O)OC)=C(C(=O)OC)[C@H]43)[C@]21COC. The molecule has 16 atom stereocenters. The lowest BCUT2D eigenvalue weighted by molar-refractivity contribution is -0.387. The van der Waals surface area contributed by atoms with Crippen molar-refractivity contribution < 1.29 is 47.5 Å². The van der Waals surface area contributed by atoms with Crippen LogP contribution >= 0.6 is 0 Å². The lowest BCUT2D eigenvalue weighted by atomic mass is 9.20. The van der Waals surface area contributed by atoms with Crippen LogP contribution in [0.1, 0.15) is 42.2 Å². The van der Waals surface area contributed by atoms with Crippen LogP contribution in [-0.2, 0) is 38.0 Å². The second kappa shape index (κ2) is 12.0. The van der Waals surface area contributed by atoms with Gasteiger partial charge in [-0.2, -0.15) is 0 Å². The van der Waals surface area contributed by atoms with Gasteiger partial charge in [0.2, 0.25) is 0 Å². The number of hydrogen-bond donors (Lipinski definition) is 0. The monoisotopic (exact) mass is 804 g/mol. The van der Waals surface area contributed by atoms with Gasteiger partial charge in [0.1, 0.15) is 11.5 Å². The first-order valence-electron chi connectivity index (χ1n) is 21.7. The molecular formula is C49H56O10. The Bertz CT molecular complexity index is 2250. The summed E-state index contributed by atoms with van der Waals surface area (Å²) >= 11 is 0. The molecule has 7 fully saturated rings. The Labute approximate surface area is 345 Å². The first-order chi connectivity index (χ1) is 28.7. The lowest BCUT2D eigenvalue weighted by Crippen LogP contribution is -2.84. The van der Waals surface area contributed by atoms with Crippen molar-refractivity contribution in [2.24, 2.45) is 80.8 Å². The van der Waals surface area contributed by atoms with E-state index in [0.29, 0.717) is 84.9 Å². The van der Waals surface area contributed by atoms with E-state index in [4.69, 9.17) is 37.9 Å². The van der Waals surface area contributed by atoms with Gasteiger partial charge >= 0.3 is 11.9 Å². The third-order valence-corrected chi connectivity index (χ3v) is 19.6. The van der Waals surface area contributed by atoms with Crippen LogP contribution < -0.4 is 9.47 Å². The van der Waals surface area contributed by atoms with Crippen molar-refractivity contribution in [3.63, 3.8) is 0 Å². The van der Waals surface area contributed by atoms with E-state index in [1.165, 1.54) is 36.1 Å². The summed E-state index contributed by atoms with van der Waals surface area (Å²) in [6.45, 7) is 2.56. The zero-order valence-electron chi connectivity index (χ0n) is 35.4. The van der Waals surface area contributed by atoms with Crippen molar-refractivity contribution in [3.8, 4) is 11.5 Å². The normalized spacial score (nSPS) is 43.9. The summed E-state index contributed by atoms with van der Waals surface area (Å²) in [4.78, 5) is 27.2. The topological polar surface area (TPSA) is 108 Å². The second-order valence-corrected chi connectivity index (χ2v) is 19.8. The minimum absolute atomic E-state index is 0.0616. The number of rotatable bonds is 12. The molecule has 312 valence electrons. The number of carbonyl (C=O) groups excluding carboxylic acids is 2. The average molecular weight is 805 g/mol. The maximum atomic E-state index is 13.6. The third kappa shape index (κ3) is 3.52. The van der Waals surface area contributed by atoms with Crippen LogP contribution in [-0.4, -0.2) is 95.2 Å². The Morgan fingerprint density at radius 3 is 1.25 bits per heavy atom. The highest BCUT2D eigenvalue weighted by atomic mass is 16.5. The Morgan fingerprint density at radius 2 is 0.898 bits per heavy atom. The summed E-state index contributed by atoms with van der Waals surface area (Å²) in [5.41, 5.74) is 3.03. The summed E-state index contributed by atoms with van der Waals surface area (Å²) in [6, 6.07) is 13.1. The molecule has 6 bridgehead atoms. The van der Waals surface area contributed by atoms with E-state index in [2.05, 4.69) is 36.4 Å². The Kier molecular flexibility index (Phi) is 7.56.